The molecule has 1 aromatic carbocycles. The first kappa shape index (κ1) is 10.6. The number of ether oxygens (including phenoxy) is 1. The van der Waals surface area contributed by atoms with E-state index in [0.717, 1.165) is 16.9 Å². The third-order valence-electron chi connectivity index (χ3n) is 2.50. The second kappa shape index (κ2) is 4.77. The Morgan fingerprint density at radius 2 is 2.00 bits per heavy atom. The molecule has 2 N–H and O–H groups in total. The fraction of sp³-hybridized carbons (Fsp3) is 0.154. The zero-order valence-electron chi connectivity index (χ0n) is 9.13. The van der Waals surface area contributed by atoms with E-state index in [-0.39, 0.29) is 6.04 Å². The highest BCUT2D eigenvalue weighted by Gasteiger charge is 2.09. The number of pyridine rings is 1. The topological polar surface area (TPSA) is 48.1 Å². The summed E-state index contributed by atoms with van der Waals surface area (Å²) in [5.74, 6) is 0.817. The van der Waals surface area contributed by atoms with Crippen molar-refractivity contribution in [1.82, 2.24) is 4.98 Å². The first-order valence-electron chi connectivity index (χ1n) is 5.10. The molecule has 0 saturated carbocycles. The summed E-state index contributed by atoms with van der Waals surface area (Å²) in [7, 11) is 1.65. The number of rotatable bonds is 3. The first-order chi connectivity index (χ1) is 7.81. The van der Waals surface area contributed by atoms with Gasteiger partial charge in [-0.05, 0) is 29.3 Å². The number of benzene rings is 1. The standard InChI is InChI=1S/C13H14N2O/c1-16-12-6-2-4-10(8-12)13(14)11-5-3-7-15-9-11/h2-9,13H,14H2,1H3/t13-/m0/s1. The first-order valence-corrected chi connectivity index (χ1v) is 5.10. The van der Waals surface area contributed by atoms with E-state index in [2.05, 4.69) is 4.98 Å². The highest BCUT2D eigenvalue weighted by Crippen LogP contribution is 2.22. The predicted molar refractivity (Wildman–Crippen MR) is 63.3 cm³/mol. The van der Waals surface area contributed by atoms with Gasteiger partial charge >= 0.3 is 0 Å². The Morgan fingerprint density at radius 3 is 2.69 bits per heavy atom. The van der Waals surface area contributed by atoms with Crippen LogP contribution in [0.3, 0.4) is 0 Å². The molecule has 0 fully saturated rings. The summed E-state index contributed by atoms with van der Waals surface area (Å²) < 4.78 is 5.17. The molecule has 0 radical (unpaired) electrons. The van der Waals surface area contributed by atoms with Crippen LogP contribution in [0.25, 0.3) is 0 Å². The minimum atomic E-state index is -0.163. The van der Waals surface area contributed by atoms with Gasteiger partial charge in [0.25, 0.3) is 0 Å². The largest absolute Gasteiger partial charge is 0.497 e. The van der Waals surface area contributed by atoms with E-state index >= 15 is 0 Å². The van der Waals surface area contributed by atoms with Gasteiger partial charge in [0.2, 0.25) is 0 Å². The quantitative estimate of drug-likeness (QED) is 0.851. The third kappa shape index (κ3) is 2.20. The second-order valence-corrected chi connectivity index (χ2v) is 3.54. The van der Waals surface area contributed by atoms with E-state index < -0.39 is 0 Å². The van der Waals surface area contributed by atoms with E-state index in [9.17, 15) is 0 Å². The minimum Gasteiger partial charge on any atom is -0.497 e. The summed E-state index contributed by atoms with van der Waals surface area (Å²) in [6.45, 7) is 0. The summed E-state index contributed by atoms with van der Waals surface area (Å²) in [6.07, 6.45) is 3.52. The number of hydrogen-bond donors (Lipinski definition) is 1. The molecule has 0 unspecified atom stereocenters. The van der Waals surface area contributed by atoms with E-state index in [0.29, 0.717) is 0 Å². The third-order valence-corrected chi connectivity index (χ3v) is 2.50. The molecule has 1 aromatic heterocycles. The lowest BCUT2D eigenvalue weighted by atomic mass is 10.0. The van der Waals surface area contributed by atoms with Gasteiger partial charge in [-0.15, -0.1) is 0 Å². The number of hydrogen-bond acceptors (Lipinski definition) is 3. The molecule has 0 saturated heterocycles. The Balaban J connectivity index is 2.30. The van der Waals surface area contributed by atoms with Crippen molar-refractivity contribution in [1.29, 1.82) is 0 Å². The zero-order valence-corrected chi connectivity index (χ0v) is 9.13. The van der Waals surface area contributed by atoms with E-state index in [4.69, 9.17) is 10.5 Å². The van der Waals surface area contributed by atoms with E-state index in [1.165, 1.54) is 0 Å². The maximum absolute atomic E-state index is 6.14. The smallest absolute Gasteiger partial charge is 0.119 e. The fourth-order valence-electron chi connectivity index (χ4n) is 1.59. The molecule has 0 aliphatic carbocycles. The Kier molecular flexibility index (Phi) is 3.17. The lowest BCUT2D eigenvalue weighted by molar-refractivity contribution is 0.414. The van der Waals surface area contributed by atoms with Crippen molar-refractivity contribution in [2.24, 2.45) is 5.73 Å². The van der Waals surface area contributed by atoms with Gasteiger partial charge in [0.1, 0.15) is 5.75 Å². The molecule has 0 aliphatic heterocycles. The van der Waals surface area contributed by atoms with Crippen molar-refractivity contribution >= 4 is 0 Å². The average Bonchev–Trinajstić information content (AvgIpc) is 2.39. The van der Waals surface area contributed by atoms with Crippen molar-refractivity contribution in [3.05, 3.63) is 59.9 Å². The van der Waals surface area contributed by atoms with E-state index in [1.54, 1.807) is 19.5 Å². The molecule has 1 heterocycles. The molecule has 0 bridgehead atoms. The van der Waals surface area contributed by atoms with Crippen LogP contribution in [-0.4, -0.2) is 12.1 Å². The van der Waals surface area contributed by atoms with Crippen LogP contribution in [0.1, 0.15) is 17.2 Å². The van der Waals surface area contributed by atoms with Gasteiger partial charge in [0.05, 0.1) is 13.2 Å². The van der Waals surface area contributed by atoms with Gasteiger partial charge in [-0.2, -0.15) is 0 Å². The summed E-state index contributed by atoms with van der Waals surface area (Å²) in [6, 6.07) is 11.5. The molecular weight excluding hydrogens is 200 g/mol. The Bertz CT molecular complexity index is 456. The van der Waals surface area contributed by atoms with Crippen LogP contribution in [0.4, 0.5) is 0 Å². The Labute approximate surface area is 94.9 Å². The van der Waals surface area contributed by atoms with Crippen molar-refractivity contribution in [2.75, 3.05) is 7.11 Å². The van der Waals surface area contributed by atoms with Crippen LogP contribution in [0.2, 0.25) is 0 Å². The normalized spacial score (nSPS) is 12.1. The molecule has 3 nitrogen and oxygen atoms in total. The van der Waals surface area contributed by atoms with Crippen LogP contribution in [0.5, 0.6) is 5.75 Å². The zero-order chi connectivity index (χ0) is 11.4. The molecule has 3 heteroatoms. The Morgan fingerprint density at radius 1 is 1.19 bits per heavy atom. The number of aromatic nitrogens is 1. The molecule has 2 aromatic rings. The van der Waals surface area contributed by atoms with Crippen LogP contribution in [-0.2, 0) is 0 Å². The van der Waals surface area contributed by atoms with Crippen molar-refractivity contribution in [2.45, 2.75) is 6.04 Å². The van der Waals surface area contributed by atoms with Gasteiger partial charge in [-0.3, -0.25) is 4.98 Å². The van der Waals surface area contributed by atoms with Crippen LogP contribution in [0.15, 0.2) is 48.8 Å². The molecule has 0 aliphatic rings. The minimum absolute atomic E-state index is 0.163. The number of methoxy groups -OCH3 is 1. The second-order valence-electron chi connectivity index (χ2n) is 3.54. The monoisotopic (exact) mass is 214 g/mol. The number of nitrogens with two attached hydrogens (primary N) is 1. The van der Waals surface area contributed by atoms with Gasteiger partial charge in [0, 0.05) is 12.4 Å². The summed E-state index contributed by atoms with van der Waals surface area (Å²) in [5, 5.41) is 0. The summed E-state index contributed by atoms with van der Waals surface area (Å²) >= 11 is 0. The maximum atomic E-state index is 6.14. The molecule has 1 atom stereocenters. The van der Waals surface area contributed by atoms with Gasteiger partial charge in [-0.1, -0.05) is 18.2 Å². The maximum Gasteiger partial charge on any atom is 0.119 e. The summed E-state index contributed by atoms with van der Waals surface area (Å²) in [5.41, 5.74) is 8.16. The van der Waals surface area contributed by atoms with Crippen molar-refractivity contribution in [3.8, 4) is 5.75 Å². The van der Waals surface area contributed by atoms with Crippen LogP contribution in [0, 0.1) is 0 Å². The SMILES string of the molecule is COc1cccc([C@H](N)c2cccnc2)c1. The molecule has 2 rings (SSSR count). The summed E-state index contributed by atoms with van der Waals surface area (Å²) in [4.78, 5) is 4.06. The van der Waals surface area contributed by atoms with Crippen molar-refractivity contribution in [3.63, 3.8) is 0 Å². The molecular formula is C13H14N2O. The van der Waals surface area contributed by atoms with E-state index in [1.807, 2.05) is 36.4 Å². The fourth-order valence-corrected chi connectivity index (χ4v) is 1.59. The molecule has 16 heavy (non-hydrogen) atoms. The van der Waals surface area contributed by atoms with Crippen molar-refractivity contribution < 1.29 is 4.74 Å². The molecule has 0 amide bonds. The average molecular weight is 214 g/mol. The molecule has 0 spiro atoms. The number of nitrogens with zero attached hydrogens (tertiary/aromatic N) is 1. The molecule has 82 valence electrons. The lowest BCUT2D eigenvalue weighted by Gasteiger charge is -2.12. The highest BCUT2D eigenvalue weighted by molar-refractivity contribution is 5.35. The Hall–Kier alpha value is -1.87. The van der Waals surface area contributed by atoms with Gasteiger partial charge in [0.15, 0.2) is 0 Å². The van der Waals surface area contributed by atoms with Gasteiger partial charge in [-0.25, -0.2) is 0 Å². The lowest BCUT2D eigenvalue weighted by Crippen LogP contribution is -2.11. The highest BCUT2D eigenvalue weighted by atomic mass is 16.5. The van der Waals surface area contributed by atoms with Crippen LogP contribution >= 0.6 is 0 Å². The van der Waals surface area contributed by atoms with Gasteiger partial charge < -0.3 is 10.5 Å². The predicted octanol–water partition coefficient (Wildman–Crippen LogP) is 2.14. The van der Waals surface area contributed by atoms with Crippen LogP contribution < -0.4 is 10.5 Å².